The Morgan fingerprint density at radius 1 is 1.26 bits per heavy atom. The van der Waals surface area contributed by atoms with Crippen molar-refractivity contribution in [3.63, 3.8) is 0 Å². The Kier molecular flexibility index (Phi) is 5.64. The molecule has 1 aliphatic heterocycles. The molecule has 1 aromatic carbocycles. The predicted octanol–water partition coefficient (Wildman–Crippen LogP) is 3.77. The van der Waals surface area contributed by atoms with E-state index < -0.39 is 11.6 Å². The van der Waals surface area contributed by atoms with E-state index in [1.807, 2.05) is 11.8 Å². The Morgan fingerprint density at radius 2 is 2.00 bits per heavy atom. The summed E-state index contributed by atoms with van der Waals surface area (Å²) in [5, 5.41) is 4.03. The van der Waals surface area contributed by atoms with Crippen LogP contribution in [0.5, 0.6) is 0 Å². The largest absolute Gasteiger partial charge is 0.313 e. The summed E-state index contributed by atoms with van der Waals surface area (Å²) in [7, 11) is 0. The highest BCUT2D eigenvalue weighted by Gasteiger charge is 2.24. The lowest BCUT2D eigenvalue weighted by Gasteiger charge is -2.30. The van der Waals surface area contributed by atoms with Gasteiger partial charge in [-0.3, -0.25) is 0 Å². The van der Waals surface area contributed by atoms with Crippen molar-refractivity contribution in [2.75, 3.05) is 12.3 Å². The van der Waals surface area contributed by atoms with Gasteiger partial charge in [0, 0.05) is 17.4 Å². The summed E-state index contributed by atoms with van der Waals surface area (Å²) >= 11 is 1.99. The maximum absolute atomic E-state index is 13.2. The van der Waals surface area contributed by atoms with Crippen LogP contribution >= 0.6 is 11.8 Å². The maximum Gasteiger partial charge on any atom is 0.126 e. The molecule has 0 radical (unpaired) electrons. The molecule has 0 aliphatic carbocycles. The normalized spacial score (nSPS) is 21.3. The van der Waals surface area contributed by atoms with Gasteiger partial charge in [0.05, 0.1) is 0 Å². The lowest BCUT2D eigenvalue weighted by molar-refractivity contribution is 0.469. The topological polar surface area (TPSA) is 12.0 Å². The first kappa shape index (κ1) is 14.8. The van der Waals surface area contributed by atoms with Crippen molar-refractivity contribution in [1.82, 2.24) is 5.32 Å². The monoisotopic (exact) mass is 285 g/mol. The van der Waals surface area contributed by atoms with Crippen LogP contribution in [-0.2, 0) is 6.42 Å². The first-order valence-corrected chi connectivity index (χ1v) is 8.04. The Balaban J connectivity index is 2.06. The van der Waals surface area contributed by atoms with E-state index in [0.717, 1.165) is 18.2 Å². The van der Waals surface area contributed by atoms with E-state index in [0.29, 0.717) is 17.7 Å². The molecule has 0 bridgehead atoms. The summed E-state index contributed by atoms with van der Waals surface area (Å²) < 4.78 is 26.5. The van der Waals surface area contributed by atoms with Gasteiger partial charge in [-0.05, 0) is 49.3 Å². The highest BCUT2D eigenvalue weighted by atomic mass is 32.2. The van der Waals surface area contributed by atoms with Crippen LogP contribution < -0.4 is 5.32 Å². The first-order valence-electron chi connectivity index (χ1n) is 6.99. The molecule has 106 valence electrons. The number of hydrogen-bond donors (Lipinski definition) is 1. The second-order valence-corrected chi connectivity index (χ2v) is 6.40. The molecule has 1 saturated heterocycles. The summed E-state index contributed by atoms with van der Waals surface area (Å²) in [6.45, 7) is 2.96. The molecule has 0 amide bonds. The van der Waals surface area contributed by atoms with E-state index in [1.54, 1.807) is 0 Å². The van der Waals surface area contributed by atoms with Crippen molar-refractivity contribution in [3.05, 3.63) is 35.4 Å². The molecule has 4 heteroatoms. The number of halogens is 2. The van der Waals surface area contributed by atoms with Crippen molar-refractivity contribution in [2.45, 2.75) is 43.9 Å². The predicted molar refractivity (Wildman–Crippen MR) is 77.6 cm³/mol. The smallest absolute Gasteiger partial charge is 0.126 e. The zero-order valence-corrected chi connectivity index (χ0v) is 12.1. The molecule has 2 atom stereocenters. The fraction of sp³-hybridized carbons (Fsp3) is 0.600. The summed E-state index contributed by atoms with van der Waals surface area (Å²) in [6, 6.07) is 4.12. The number of likely N-dealkylation sites (N-methyl/N-ethyl adjacent to an activating group) is 1. The van der Waals surface area contributed by atoms with Crippen molar-refractivity contribution in [3.8, 4) is 0 Å². The minimum atomic E-state index is -0.485. The van der Waals surface area contributed by atoms with Gasteiger partial charge in [0.1, 0.15) is 11.6 Å². The minimum Gasteiger partial charge on any atom is -0.313 e. The lowest BCUT2D eigenvalue weighted by atomic mass is 9.99. The van der Waals surface area contributed by atoms with Crippen LogP contribution in [0, 0.1) is 11.6 Å². The highest BCUT2D eigenvalue weighted by molar-refractivity contribution is 8.00. The molecule has 0 spiro atoms. The third-order valence-corrected chi connectivity index (χ3v) is 5.02. The van der Waals surface area contributed by atoms with Gasteiger partial charge in [0.25, 0.3) is 0 Å². The van der Waals surface area contributed by atoms with E-state index in [2.05, 4.69) is 12.2 Å². The Morgan fingerprint density at radius 3 is 2.58 bits per heavy atom. The van der Waals surface area contributed by atoms with Crippen molar-refractivity contribution < 1.29 is 8.78 Å². The fourth-order valence-corrected chi connectivity index (χ4v) is 4.09. The molecule has 1 aliphatic rings. The van der Waals surface area contributed by atoms with Gasteiger partial charge in [-0.25, -0.2) is 8.78 Å². The molecule has 2 unspecified atom stereocenters. The first-order chi connectivity index (χ1) is 9.19. The van der Waals surface area contributed by atoms with Crippen LogP contribution in [0.2, 0.25) is 0 Å². The molecule has 1 N–H and O–H groups in total. The van der Waals surface area contributed by atoms with Crippen LogP contribution in [0.3, 0.4) is 0 Å². The number of hydrogen-bond acceptors (Lipinski definition) is 2. The standard InChI is InChI=1S/C15H21F2NS/c1-2-18-14(15-5-3-4-6-19-15)9-11-7-12(16)10-13(17)8-11/h7-8,10,14-15,18H,2-6,9H2,1H3. The van der Waals surface area contributed by atoms with Crippen molar-refractivity contribution in [2.24, 2.45) is 0 Å². The van der Waals surface area contributed by atoms with Gasteiger partial charge < -0.3 is 5.32 Å². The van der Waals surface area contributed by atoms with Gasteiger partial charge >= 0.3 is 0 Å². The summed E-state index contributed by atoms with van der Waals surface area (Å²) in [5.74, 6) is 0.229. The molecule has 1 aromatic rings. The molecule has 1 heterocycles. The van der Waals surface area contributed by atoms with E-state index in [-0.39, 0.29) is 0 Å². The van der Waals surface area contributed by atoms with Crippen LogP contribution in [0.25, 0.3) is 0 Å². The second kappa shape index (κ2) is 7.25. The van der Waals surface area contributed by atoms with Crippen LogP contribution in [0.4, 0.5) is 8.78 Å². The number of benzene rings is 1. The van der Waals surface area contributed by atoms with Crippen molar-refractivity contribution in [1.29, 1.82) is 0 Å². The van der Waals surface area contributed by atoms with Gasteiger partial charge in [-0.2, -0.15) is 11.8 Å². The molecule has 2 rings (SSSR count). The zero-order valence-electron chi connectivity index (χ0n) is 11.3. The molecular weight excluding hydrogens is 264 g/mol. The van der Waals surface area contributed by atoms with E-state index >= 15 is 0 Å². The van der Waals surface area contributed by atoms with Crippen LogP contribution in [-0.4, -0.2) is 23.6 Å². The molecule has 1 fully saturated rings. The van der Waals surface area contributed by atoms with Crippen LogP contribution in [0.1, 0.15) is 31.7 Å². The number of nitrogens with one attached hydrogen (secondary N) is 1. The molecule has 0 saturated carbocycles. The lowest BCUT2D eigenvalue weighted by Crippen LogP contribution is -2.41. The SMILES string of the molecule is CCNC(Cc1cc(F)cc(F)c1)C1CCCCS1. The average Bonchev–Trinajstić information content (AvgIpc) is 2.38. The van der Waals surface area contributed by atoms with E-state index in [4.69, 9.17) is 0 Å². The van der Waals surface area contributed by atoms with Gasteiger partial charge in [0.15, 0.2) is 0 Å². The quantitative estimate of drug-likeness (QED) is 0.884. The number of rotatable bonds is 5. The third-order valence-electron chi connectivity index (χ3n) is 3.51. The summed E-state index contributed by atoms with van der Waals surface area (Å²) in [4.78, 5) is 0. The Labute approximate surface area is 118 Å². The van der Waals surface area contributed by atoms with Gasteiger partial charge in [0.2, 0.25) is 0 Å². The second-order valence-electron chi connectivity index (χ2n) is 5.05. The minimum absolute atomic E-state index is 0.302. The van der Waals surface area contributed by atoms with Crippen LogP contribution in [0.15, 0.2) is 18.2 Å². The van der Waals surface area contributed by atoms with Gasteiger partial charge in [-0.15, -0.1) is 0 Å². The highest BCUT2D eigenvalue weighted by Crippen LogP contribution is 2.29. The van der Waals surface area contributed by atoms with Gasteiger partial charge in [-0.1, -0.05) is 13.3 Å². The molecular formula is C15H21F2NS. The maximum atomic E-state index is 13.2. The molecule has 19 heavy (non-hydrogen) atoms. The summed E-state index contributed by atoms with van der Waals surface area (Å²) in [6.07, 6.45) is 4.44. The van der Waals surface area contributed by atoms with E-state index in [9.17, 15) is 8.78 Å². The number of thioether (sulfide) groups is 1. The zero-order chi connectivity index (χ0) is 13.7. The Bertz CT molecular complexity index is 385. The molecule has 0 aromatic heterocycles. The summed E-state index contributed by atoms with van der Waals surface area (Å²) in [5.41, 5.74) is 0.745. The Hall–Kier alpha value is -0.610. The average molecular weight is 285 g/mol. The molecule has 1 nitrogen and oxygen atoms in total. The van der Waals surface area contributed by atoms with Crippen molar-refractivity contribution >= 4 is 11.8 Å². The fourth-order valence-electron chi connectivity index (χ4n) is 2.66. The third kappa shape index (κ3) is 4.46. The van der Waals surface area contributed by atoms with E-state index in [1.165, 1.54) is 37.1 Å².